The highest BCUT2D eigenvalue weighted by atomic mass is 32.1. The fourth-order valence-corrected chi connectivity index (χ4v) is 3.20. The molecule has 21 heavy (non-hydrogen) atoms. The molecule has 1 aromatic heterocycles. The number of benzene rings is 1. The Balaban J connectivity index is 2.01. The zero-order chi connectivity index (χ0) is 15.1. The van der Waals surface area contributed by atoms with Gasteiger partial charge in [-0.15, -0.1) is 11.3 Å². The van der Waals surface area contributed by atoms with Gasteiger partial charge in [0.2, 0.25) is 0 Å². The predicted molar refractivity (Wildman–Crippen MR) is 89.0 cm³/mol. The van der Waals surface area contributed by atoms with Gasteiger partial charge in [-0.05, 0) is 31.0 Å². The van der Waals surface area contributed by atoms with Crippen molar-refractivity contribution in [1.82, 2.24) is 10.3 Å². The van der Waals surface area contributed by atoms with Crippen molar-refractivity contribution in [2.45, 2.75) is 46.3 Å². The summed E-state index contributed by atoms with van der Waals surface area (Å²) in [4.78, 5) is 6.10. The van der Waals surface area contributed by atoms with Crippen molar-refractivity contribution in [3.63, 3.8) is 0 Å². The van der Waals surface area contributed by atoms with E-state index in [9.17, 15) is 0 Å². The molecule has 4 heteroatoms. The van der Waals surface area contributed by atoms with Crippen LogP contribution in [0.5, 0.6) is 5.75 Å². The van der Waals surface area contributed by atoms with E-state index in [-0.39, 0.29) is 0 Å². The van der Waals surface area contributed by atoms with Gasteiger partial charge in [0, 0.05) is 11.4 Å². The van der Waals surface area contributed by atoms with E-state index in [2.05, 4.69) is 26.1 Å². The summed E-state index contributed by atoms with van der Waals surface area (Å²) < 4.78 is 5.79. The van der Waals surface area contributed by atoms with Crippen LogP contribution in [0.15, 0.2) is 30.3 Å². The number of para-hydroxylation sites is 1. The van der Waals surface area contributed by atoms with Crippen LogP contribution in [0.2, 0.25) is 0 Å². The smallest absolute Gasteiger partial charge is 0.140 e. The van der Waals surface area contributed by atoms with Crippen molar-refractivity contribution in [3.05, 3.63) is 45.9 Å². The second-order valence-corrected chi connectivity index (χ2v) is 6.52. The molecule has 0 unspecified atom stereocenters. The van der Waals surface area contributed by atoms with Crippen molar-refractivity contribution in [2.75, 3.05) is 6.54 Å². The van der Waals surface area contributed by atoms with Crippen LogP contribution in [0, 0.1) is 0 Å². The first-order chi connectivity index (χ1) is 10.2. The maximum Gasteiger partial charge on any atom is 0.140 e. The lowest BCUT2D eigenvalue weighted by Crippen LogP contribution is -2.14. The average molecular weight is 304 g/mol. The maximum absolute atomic E-state index is 5.79. The van der Waals surface area contributed by atoms with Crippen LogP contribution in [-0.2, 0) is 13.2 Å². The third-order valence-corrected chi connectivity index (χ3v) is 4.18. The van der Waals surface area contributed by atoms with Crippen LogP contribution in [0.4, 0.5) is 0 Å². The highest BCUT2D eigenvalue weighted by Gasteiger charge is 2.14. The number of ether oxygens (including phenoxy) is 1. The molecule has 1 aromatic carbocycles. The van der Waals surface area contributed by atoms with E-state index in [1.165, 1.54) is 10.6 Å². The molecule has 0 fully saturated rings. The minimum absolute atomic E-state index is 0.449. The molecule has 0 atom stereocenters. The summed E-state index contributed by atoms with van der Waals surface area (Å²) in [5.74, 6) is 1.34. The second kappa shape index (κ2) is 8.15. The molecule has 2 aromatic rings. The number of hydrogen-bond donors (Lipinski definition) is 1. The summed E-state index contributed by atoms with van der Waals surface area (Å²) in [5.41, 5.74) is 1.20. The lowest BCUT2D eigenvalue weighted by molar-refractivity contribution is 0.305. The molecule has 1 N–H and O–H groups in total. The fraction of sp³-hybridized carbons (Fsp3) is 0.471. The van der Waals surface area contributed by atoms with Crippen molar-refractivity contribution in [3.8, 4) is 5.75 Å². The van der Waals surface area contributed by atoms with Crippen LogP contribution >= 0.6 is 11.3 Å². The molecule has 0 radical (unpaired) electrons. The van der Waals surface area contributed by atoms with Gasteiger partial charge in [-0.3, -0.25) is 0 Å². The van der Waals surface area contributed by atoms with Crippen LogP contribution in [0.3, 0.4) is 0 Å². The standard InChI is InChI=1S/C17H24N2OS/c1-4-10-18-11-15-17(13(2)3)19-16(21-15)12-20-14-8-6-5-7-9-14/h5-9,13,18H,4,10-12H2,1-3H3. The quantitative estimate of drug-likeness (QED) is 0.736. The summed E-state index contributed by atoms with van der Waals surface area (Å²) in [6.07, 6.45) is 1.15. The zero-order valence-electron chi connectivity index (χ0n) is 13.1. The fourth-order valence-electron chi connectivity index (χ4n) is 2.09. The molecule has 0 saturated carbocycles. The molecule has 0 aliphatic carbocycles. The highest BCUT2D eigenvalue weighted by Crippen LogP contribution is 2.26. The lowest BCUT2D eigenvalue weighted by Gasteiger charge is -2.05. The minimum Gasteiger partial charge on any atom is -0.486 e. The molecular formula is C17H24N2OS. The summed E-state index contributed by atoms with van der Waals surface area (Å²) in [6.45, 7) is 9.07. The first-order valence-electron chi connectivity index (χ1n) is 7.57. The van der Waals surface area contributed by atoms with Crippen molar-refractivity contribution < 1.29 is 4.74 Å². The molecule has 3 nitrogen and oxygen atoms in total. The van der Waals surface area contributed by atoms with Crippen LogP contribution in [-0.4, -0.2) is 11.5 Å². The van der Waals surface area contributed by atoms with E-state index >= 15 is 0 Å². The Morgan fingerprint density at radius 3 is 2.67 bits per heavy atom. The molecule has 0 spiro atoms. The number of aromatic nitrogens is 1. The monoisotopic (exact) mass is 304 g/mol. The third kappa shape index (κ3) is 4.83. The van der Waals surface area contributed by atoms with Gasteiger partial charge >= 0.3 is 0 Å². The molecule has 2 rings (SSSR count). The third-order valence-electron chi connectivity index (χ3n) is 3.14. The van der Waals surface area contributed by atoms with E-state index in [0.29, 0.717) is 12.5 Å². The Bertz CT molecular complexity index is 537. The predicted octanol–water partition coefficient (Wildman–Crippen LogP) is 4.35. The van der Waals surface area contributed by atoms with Crippen LogP contribution in [0.25, 0.3) is 0 Å². The molecule has 114 valence electrons. The second-order valence-electron chi connectivity index (χ2n) is 5.35. The summed E-state index contributed by atoms with van der Waals surface area (Å²) in [6, 6.07) is 9.90. The maximum atomic E-state index is 5.79. The first kappa shape index (κ1) is 16.0. The molecule has 0 aliphatic rings. The van der Waals surface area contributed by atoms with Gasteiger partial charge in [0.25, 0.3) is 0 Å². The first-order valence-corrected chi connectivity index (χ1v) is 8.39. The molecule has 0 bridgehead atoms. The number of nitrogens with one attached hydrogen (secondary N) is 1. The van der Waals surface area contributed by atoms with Crippen molar-refractivity contribution in [1.29, 1.82) is 0 Å². The van der Waals surface area contributed by atoms with Crippen LogP contribution < -0.4 is 10.1 Å². The summed E-state index contributed by atoms with van der Waals surface area (Å²) >= 11 is 1.76. The minimum atomic E-state index is 0.449. The van der Waals surface area contributed by atoms with Gasteiger partial charge in [-0.25, -0.2) is 4.98 Å². The van der Waals surface area contributed by atoms with Crippen molar-refractivity contribution in [2.24, 2.45) is 0 Å². The van der Waals surface area contributed by atoms with Gasteiger partial charge < -0.3 is 10.1 Å². The van der Waals surface area contributed by atoms with E-state index in [4.69, 9.17) is 9.72 Å². The van der Waals surface area contributed by atoms with E-state index in [1.54, 1.807) is 11.3 Å². The molecule has 0 saturated heterocycles. The van der Waals surface area contributed by atoms with Crippen LogP contribution in [0.1, 0.15) is 48.7 Å². The number of thiazole rings is 1. The normalized spacial score (nSPS) is 11.0. The number of rotatable bonds is 8. The zero-order valence-corrected chi connectivity index (χ0v) is 13.9. The molecule has 0 amide bonds. The SMILES string of the molecule is CCCNCc1sc(COc2ccccc2)nc1C(C)C. The topological polar surface area (TPSA) is 34.1 Å². The summed E-state index contributed by atoms with van der Waals surface area (Å²) in [5, 5.41) is 4.52. The van der Waals surface area contributed by atoms with E-state index < -0.39 is 0 Å². The summed E-state index contributed by atoms with van der Waals surface area (Å²) in [7, 11) is 0. The molecule has 0 aliphatic heterocycles. The Morgan fingerprint density at radius 2 is 2.00 bits per heavy atom. The van der Waals surface area contributed by atoms with Gasteiger partial charge in [0.05, 0.1) is 5.69 Å². The van der Waals surface area contributed by atoms with E-state index in [0.717, 1.165) is 30.3 Å². The molecular weight excluding hydrogens is 280 g/mol. The Morgan fingerprint density at radius 1 is 1.24 bits per heavy atom. The Hall–Kier alpha value is -1.39. The molecule has 1 heterocycles. The van der Waals surface area contributed by atoms with Gasteiger partial charge in [0.15, 0.2) is 0 Å². The largest absolute Gasteiger partial charge is 0.486 e. The van der Waals surface area contributed by atoms with Gasteiger partial charge in [-0.1, -0.05) is 39.0 Å². The van der Waals surface area contributed by atoms with E-state index in [1.807, 2.05) is 30.3 Å². The highest BCUT2D eigenvalue weighted by molar-refractivity contribution is 7.11. The average Bonchev–Trinajstić information content (AvgIpc) is 2.90. The van der Waals surface area contributed by atoms with Gasteiger partial charge in [-0.2, -0.15) is 0 Å². The Kier molecular flexibility index (Phi) is 6.21. The Labute approximate surface area is 131 Å². The number of hydrogen-bond acceptors (Lipinski definition) is 4. The lowest BCUT2D eigenvalue weighted by atomic mass is 10.1. The van der Waals surface area contributed by atoms with Gasteiger partial charge in [0.1, 0.15) is 17.4 Å². The van der Waals surface area contributed by atoms with Crippen molar-refractivity contribution >= 4 is 11.3 Å². The number of nitrogens with zero attached hydrogens (tertiary/aromatic N) is 1.